The zero-order valence-corrected chi connectivity index (χ0v) is 11.4. The first-order chi connectivity index (χ1) is 8.04. The summed E-state index contributed by atoms with van der Waals surface area (Å²) in [5.74, 6) is 0. The van der Waals surface area contributed by atoms with Gasteiger partial charge in [-0.15, -0.1) is 0 Å². The lowest BCUT2D eigenvalue weighted by Gasteiger charge is -2.28. The minimum absolute atomic E-state index is 0.0202. The molecule has 4 nitrogen and oxygen atoms in total. The second-order valence-corrected chi connectivity index (χ2v) is 5.58. The monoisotopic (exact) mass is 236 g/mol. The van der Waals surface area contributed by atoms with Crippen LogP contribution in [0.25, 0.3) is 0 Å². The zero-order chi connectivity index (χ0) is 12.5. The van der Waals surface area contributed by atoms with E-state index in [2.05, 4.69) is 40.7 Å². The Morgan fingerprint density at radius 3 is 2.88 bits per heavy atom. The van der Waals surface area contributed by atoms with Crippen LogP contribution in [0.4, 0.5) is 0 Å². The Bertz CT molecular complexity index is 369. The van der Waals surface area contributed by atoms with Crippen LogP contribution < -0.4 is 5.32 Å². The van der Waals surface area contributed by atoms with Gasteiger partial charge in [-0.1, -0.05) is 0 Å². The van der Waals surface area contributed by atoms with Crippen molar-refractivity contribution in [2.24, 2.45) is 0 Å². The maximum atomic E-state index is 4.31. The molecule has 1 atom stereocenters. The normalized spacial score (nSPS) is 22.2. The van der Waals surface area contributed by atoms with Crippen LogP contribution in [0.3, 0.4) is 0 Å². The molecule has 0 aliphatic carbocycles. The van der Waals surface area contributed by atoms with Crippen molar-refractivity contribution in [3.05, 3.63) is 18.2 Å². The number of nitrogens with zero attached hydrogens (tertiary/aromatic N) is 3. The second kappa shape index (κ2) is 4.78. The number of aromatic nitrogens is 2. The van der Waals surface area contributed by atoms with Gasteiger partial charge in [0.1, 0.15) is 0 Å². The molecule has 96 valence electrons. The van der Waals surface area contributed by atoms with Gasteiger partial charge in [0, 0.05) is 18.8 Å². The molecule has 0 spiro atoms. The van der Waals surface area contributed by atoms with Crippen LogP contribution in [-0.4, -0.2) is 41.1 Å². The summed E-state index contributed by atoms with van der Waals surface area (Å²) in [7, 11) is 4.22. The van der Waals surface area contributed by atoms with Crippen LogP contribution in [0.2, 0.25) is 0 Å². The molecule has 1 N–H and O–H groups in total. The summed E-state index contributed by atoms with van der Waals surface area (Å²) in [5, 5.41) is 3.35. The molecule has 0 aromatic carbocycles. The third kappa shape index (κ3) is 2.53. The van der Waals surface area contributed by atoms with Crippen LogP contribution in [-0.2, 0) is 12.1 Å². The molecular weight excluding hydrogens is 212 g/mol. The third-order valence-electron chi connectivity index (χ3n) is 4.06. The maximum absolute atomic E-state index is 4.31. The molecule has 1 saturated heterocycles. The number of hydrogen-bond donors (Lipinski definition) is 1. The lowest BCUT2D eigenvalue weighted by molar-refractivity contribution is 0.273. The predicted molar refractivity (Wildman–Crippen MR) is 70.0 cm³/mol. The molecule has 17 heavy (non-hydrogen) atoms. The van der Waals surface area contributed by atoms with Crippen molar-refractivity contribution in [3.63, 3.8) is 0 Å². The van der Waals surface area contributed by atoms with Gasteiger partial charge in [-0.25, -0.2) is 4.98 Å². The molecule has 2 rings (SSSR count). The maximum Gasteiger partial charge on any atom is 0.0949 e. The molecule has 1 aliphatic heterocycles. The van der Waals surface area contributed by atoms with Gasteiger partial charge >= 0.3 is 0 Å². The summed E-state index contributed by atoms with van der Waals surface area (Å²) in [4.78, 5) is 6.76. The van der Waals surface area contributed by atoms with Crippen LogP contribution in [0.5, 0.6) is 0 Å². The van der Waals surface area contributed by atoms with E-state index in [1.54, 1.807) is 0 Å². The lowest BCUT2D eigenvalue weighted by Crippen LogP contribution is -2.37. The summed E-state index contributed by atoms with van der Waals surface area (Å²) in [5.41, 5.74) is 1.24. The minimum Gasteiger partial charge on any atom is -0.331 e. The van der Waals surface area contributed by atoms with Crippen molar-refractivity contribution in [2.75, 3.05) is 20.6 Å². The minimum atomic E-state index is -0.0202. The van der Waals surface area contributed by atoms with E-state index in [0.717, 1.165) is 6.54 Å². The Labute approximate surface area is 104 Å². The summed E-state index contributed by atoms with van der Waals surface area (Å²) < 4.78 is 2.29. The van der Waals surface area contributed by atoms with Crippen LogP contribution in [0.15, 0.2) is 12.5 Å². The molecule has 0 radical (unpaired) electrons. The van der Waals surface area contributed by atoms with E-state index in [9.17, 15) is 0 Å². The van der Waals surface area contributed by atoms with E-state index in [1.807, 2.05) is 19.6 Å². The summed E-state index contributed by atoms with van der Waals surface area (Å²) in [6.45, 7) is 6.67. The van der Waals surface area contributed by atoms with Gasteiger partial charge in [-0.05, 0) is 47.3 Å². The number of imidazole rings is 1. The van der Waals surface area contributed by atoms with Crippen molar-refractivity contribution in [3.8, 4) is 0 Å². The van der Waals surface area contributed by atoms with Crippen molar-refractivity contribution >= 4 is 0 Å². The van der Waals surface area contributed by atoms with Gasteiger partial charge in [0.2, 0.25) is 0 Å². The zero-order valence-electron chi connectivity index (χ0n) is 11.4. The summed E-state index contributed by atoms with van der Waals surface area (Å²) >= 11 is 0. The van der Waals surface area contributed by atoms with Crippen LogP contribution in [0, 0.1) is 0 Å². The Morgan fingerprint density at radius 2 is 2.29 bits per heavy atom. The van der Waals surface area contributed by atoms with Gasteiger partial charge in [-0.2, -0.15) is 0 Å². The molecule has 2 heterocycles. The van der Waals surface area contributed by atoms with E-state index in [4.69, 9.17) is 0 Å². The fourth-order valence-electron chi connectivity index (χ4n) is 2.55. The van der Waals surface area contributed by atoms with Crippen molar-refractivity contribution < 1.29 is 0 Å². The highest BCUT2D eigenvalue weighted by molar-refractivity contribution is 5.11. The van der Waals surface area contributed by atoms with Crippen molar-refractivity contribution in [1.29, 1.82) is 0 Å². The molecule has 0 amide bonds. The Hall–Kier alpha value is -0.870. The number of likely N-dealkylation sites (N-methyl/N-ethyl adjacent to an activating group) is 1. The lowest BCUT2D eigenvalue weighted by atomic mass is 10.0. The number of rotatable bonds is 4. The van der Waals surface area contributed by atoms with E-state index in [-0.39, 0.29) is 5.54 Å². The fraction of sp³-hybridized carbons (Fsp3) is 0.769. The Kier molecular flexibility index (Phi) is 3.54. The Balaban J connectivity index is 2.14. The molecule has 1 aromatic heterocycles. The highest BCUT2D eigenvalue weighted by Crippen LogP contribution is 2.22. The molecular formula is C13H24N4. The largest absolute Gasteiger partial charge is 0.331 e. The molecule has 1 fully saturated rings. The van der Waals surface area contributed by atoms with Gasteiger partial charge < -0.3 is 14.8 Å². The molecule has 1 unspecified atom stereocenters. The average Bonchev–Trinajstić information content (AvgIpc) is 2.90. The predicted octanol–water partition coefficient (Wildman–Crippen LogP) is 1.43. The van der Waals surface area contributed by atoms with E-state index in [1.165, 1.54) is 25.1 Å². The van der Waals surface area contributed by atoms with E-state index in [0.29, 0.717) is 6.04 Å². The Morgan fingerprint density at radius 1 is 1.53 bits per heavy atom. The third-order valence-corrected chi connectivity index (χ3v) is 4.06. The highest BCUT2D eigenvalue weighted by Gasteiger charge is 2.26. The SMILES string of the molecule is CNC(C)(C)c1cncn1CC1CCCN1C. The molecule has 0 bridgehead atoms. The number of likely N-dealkylation sites (tertiary alicyclic amines) is 1. The smallest absolute Gasteiger partial charge is 0.0949 e. The quantitative estimate of drug-likeness (QED) is 0.858. The standard InChI is InChI=1S/C13H24N4/c1-13(2,14-3)12-8-15-10-17(12)9-11-6-5-7-16(11)4/h8,10-11,14H,5-7,9H2,1-4H3. The van der Waals surface area contributed by atoms with Gasteiger partial charge in [-0.3, -0.25) is 0 Å². The first-order valence-electron chi connectivity index (χ1n) is 6.44. The number of hydrogen-bond acceptors (Lipinski definition) is 3. The van der Waals surface area contributed by atoms with Gasteiger partial charge in [0.15, 0.2) is 0 Å². The number of nitrogens with one attached hydrogen (secondary N) is 1. The average molecular weight is 236 g/mol. The fourth-order valence-corrected chi connectivity index (χ4v) is 2.55. The van der Waals surface area contributed by atoms with Crippen molar-refractivity contribution in [2.45, 2.75) is 44.8 Å². The van der Waals surface area contributed by atoms with E-state index >= 15 is 0 Å². The van der Waals surface area contributed by atoms with E-state index < -0.39 is 0 Å². The van der Waals surface area contributed by atoms with Gasteiger partial charge in [0.05, 0.1) is 17.6 Å². The first-order valence-corrected chi connectivity index (χ1v) is 6.44. The molecule has 1 aromatic rings. The second-order valence-electron chi connectivity index (χ2n) is 5.58. The highest BCUT2D eigenvalue weighted by atomic mass is 15.2. The van der Waals surface area contributed by atoms with Crippen LogP contribution >= 0.6 is 0 Å². The van der Waals surface area contributed by atoms with Crippen molar-refractivity contribution in [1.82, 2.24) is 19.8 Å². The summed E-state index contributed by atoms with van der Waals surface area (Å²) in [6.07, 6.45) is 6.56. The van der Waals surface area contributed by atoms with Crippen LogP contribution in [0.1, 0.15) is 32.4 Å². The van der Waals surface area contributed by atoms with Gasteiger partial charge in [0.25, 0.3) is 0 Å². The topological polar surface area (TPSA) is 33.1 Å². The molecule has 1 aliphatic rings. The molecule has 0 saturated carbocycles. The molecule has 4 heteroatoms. The first kappa shape index (κ1) is 12.6. The summed E-state index contributed by atoms with van der Waals surface area (Å²) in [6, 6.07) is 0.663.